The number of likely N-dealkylation sites (tertiary alicyclic amines) is 1. The van der Waals surface area contributed by atoms with Gasteiger partial charge in [-0.25, -0.2) is 4.98 Å². The minimum atomic E-state index is -1.00. The summed E-state index contributed by atoms with van der Waals surface area (Å²) in [6, 6.07) is 16.4. The summed E-state index contributed by atoms with van der Waals surface area (Å²) in [4.78, 5) is 64.4. The number of nitriles is 1. The van der Waals surface area contributed by atoms with Crippen LogP contribution in [0.1, 0.15) is 52.0 Å². The van der Waals surface area contributed by atoms with Crippen LogP contribution >= 0.6 is 0 Å². The monoisotopic (exact) mass is 738 g/mol. The van der Waals surface area contributed by atoms with Gasteiger partial charge in [0.05, 0.1) is 34.4 Å². The molecule has 0 bridgehead atoms. The first kappa shape index (κ1) is 34.6. The Balaban J connectivity index is 0.738. The molecule has 0 spiro atoms. The second kappa shape index (κ2) is 13.9. The predicted molar refractivity (Wildman–Crippen MR) is 201 cm³/mol. The molecule has 0 aliphatic carbocycles. The van der Waals surface area contributed by atoms with Crippen molar-refractivity contribution in [1.29, 1.82) is 5.26 Å². The number of nitrogens with one attached hydrogen (secondary N) is 1. The van der Waals surface area contributed by atoms with Gasteiger partial charge in [0.25, 0.3) is 11.8 Å². The molecule has 4 aliphatic heterocycles. The van der Waals surface area contributed by atoms with E-state index in [1.165, 1.54) is 0 Å². The fourth-order valence-corrected chi connectivity index (χ4v) is 8.25. The number of nitrogens with zero attached hydrogens (tertiary/aromatic N) is 7. The molecule has 4 amide bonds. The summed E-state index contributed by atoms with van der Waals surface area (Å²) in [7, 11) is 2.05. The van der Waals surface area contributed by atoms with Gasteiger partial charge >= 0.3 is 0 Å². The van der Waals surface area contributed by atoms with E-state index >= 15 is 0 Å². The molecular formula is C41H38N8O6. The number of hydrogen-bond donors (Lipinski definition) is 1. The number of hydrogen-bond acceptors (Lipinski definition) is 11. The van der Waals surface area contributed by atoms with Crippen LogP contribution < -0.4 is 15.0 Å². The summed E-state index contributed by atoms with van der Waals surface area (Å²) >= 11 is 0. The largest absolute Gasteiger partial charge is 0.492 e. The van der Waals surface area contributed by atoms with E-state index in [9.17, 15) is 24.4 Å². The molecule has 55 heavy (non-hydrogen) atoms. The highest BCUT2D eigenvalue weighted by Crippen LogP contribution is 2.34. The molecule has 9 rings (SSSR count). The number of fused-ring (bicyclic) bond motifs is 4. The smallest absolute Gasteiger partial charge is 0.262 e. The number of aryl methyl sites for hydroxylation is 1. The van der Waals surface area contributed by atoms with E-state index < -0.39 is 29.7 Å². The number of rotatable bonds is 9. The van der Waals surface area contributed by atoms with E-state index in [0.717, 1.165) is 63.8 Å². The van der Waals surface area contributed by atoms with E-state index in [2.05, 4.69) is 56.0 Å². The van der Waals surface area contributed by atoms with Crippen LogP contribution in [0.15, 0.2) is 67.1 Å². The summed E-state index contributed by atoms with van der Waals surface area (Å²) in [6.45, 7) is 4.21. The van der Waals surface area contributed by atoms with Crippen molar-refractivity contribution in [1.82, 2.24) is 29.7 Å². The number of carbonyl (C=O) groups is 4. The first-order chi connectivity index (χ1) is 26.7. The lowest BCUT2D eigenvalue weighted by Crippen LogP contribution is -2.55. The molecule has 3 aromatic heterocycles. The fourth-order valence-electron chi connectivity index (χ4n) is 8.25. The zero-order valence-corrected chi connectivity index (χ0v) is 30.2. The second-order valence-electron chi connectivity index (χ2n) is 14.6. The molecule has 7 heterocycles. The van der Waals surface area contributed by atoms with Gasteiger partial charge < -0.3 is 18.9 Å². The van der Waals surface area contributed by atoms with E-state index in [-0.39, 0.29) is 36.2 Å². The molecule has 14 heteroatoms. The van der Waals surface area contributed by atoms with Crippen LogP contribution in [-0.2, 0) is 21.4 Å². The van der Waals surface area contributed by atoms with Crippen LogP contribution in [0, 0.1) is 11.3 Å². The van der Waals surface area contributed by atoms with Gasteiger partial charge in [-0.2, -0.15) is 5.26 Å². The summed E-state index contributed by atoms with van der Waals surface area (Å²) in [5.41, 5.74) is 5.09. The highest BCUT2D eigenvalue weighted by Gasteiger charge is 2.44. The Labute approximate surface area is 316 Å². The van der Waals surface area contributed by atoms with Crippen molar-refractivity contribution in [3.05, 3.63) is 83.8 Å². The Kier molecular flexibility index (Phi) is 8.75. The zero-order chi connectivity index (χ0) is 37.8. The van der Waals surface area contributed by atoms with Crippen molar-refractivity contribution in [3.63, 3.8) is 0 Å². The number of carbonyl (C=O) groups excluding carboxylic acids is 4. The van der Waals surface area contributed by atoms with Crippen LogP contribution in [-0.4, -0.2) is 106 Å². The Hall–Kier alpha value is -6.17. The van der Waals surface area contributed by atoms with Gasteiger partial charge in [0.1, 0.15) is 30.3 Å². The lowest BCUT2D eigenvalue weighted by atomic mass is 10.0. The molecule has 1 unspecified atom stereocenters. The number of imide groups is 2. The van der Waals surface area contributed by atoms with Gasteiger partial charge in [-0.1, -0.05) is 12.1 Å². The van der Waals surface area contributed by atoms with Gasteiger partial charge in [0.15, 0.2) is 0 Å². The highest BCUT2D eigenvalue weighted by atomic mass is 16.5. The minimum absolute atomic E-state index is 0.0725. The van der Waals surface area contributed by atoms with Crippen molar-refractivity contribution < 1.29 is 28.7 Å². The molecular weight excluding hydrogens is 701 g/mol. The van der Waals surface area contributed by atoms with Crippen LogP contribution in [0.2, 0.25) is 0 Å². The SMILES string of the molecule is Cn1c2ccncc2c2ccc(-c3cnc(N4CC(OC5CCN(CCOc6ccc7c(c6)C(=O)N(C6CCC(=O)NC6=O)C7=O)CC5)C4)c(C#N)c3)cc21. The van der Waals surface area contributed by atoms with Gasteiger partial charge in [0.2, 0.25) is 11.8 Å². The van der Waals surface area contributed by atoms with Crippen LogP contribution in [0.4, 0.5) is 5.82 Å². The van der Waals surface area contributed by atoms with Crippen LogP contribution in [0.3, 0.4) is 0 Å². The van der Waals surface area contributed by atoms with Crippen molar-refractivity contribution in [2.75, 3.05) is 44.2 Å². The summed E-state index contributed by atoms with van der Waals surface area (Å²) < 4.78 is 14.6. The minimum Gasteiger partial charge on any atom is -0.492 e. The molecule has 1 atom stereocenters. The van der Waals surface area contributed by atoms with E-state index in [1.807, 2.05) is 24.5 Å². The van der Waals surface area contributed by atoms with Gasteiger partial charge in [0, 0.05) is 86.6 Å². The fraction of sp³-hybridized carbons (Fsp3) is 0.341. The highest BCUT2D eigenvalue weighted by molar-refractivity contribution is 6.23. The average molecular weight is 739 g/mol. The van der Waals surface area contributed by atoms with E-state index in [1.54, 1.807) is 24.4 Å². The number of pyridine rings is 2. The lowest BCUT2D eigenvalue weighted by molar-refractivity contribution is -0.136. The number of amides is 4. The third-order valence-electron chi connectivity index (χ3n) is 11.3. The van der Waals surface area contributed by atoms with Crippen molar-refractivity contribution in [2.24, 2.45) is 7.05 Å². The Morgan fingerprint density at radius 2 is 1.69 bits per heavy atom. The van der Waals surface area contributed by atoms with Crippen molar-refractivity contribution in [2.45, 2.75) is 43.9 Å². The van der Waals surface area contributed by atoms with Gasteiger partial charge in [-0.05, 0) is 61.2 Å². The maximum absolute atomic E-state index is 13.1. The number of aromatic nitrogens is 3. The summed E-state index contributed by atoms with van der Waals surface area (Å²) in [5, 5.41) is 14.5. The molecule has 14 nitrogen and oxygen atoms in total. The molecule has 2 aromatic carbocycles. The maximum Gasteiger partial charge on any atom is 0.262 e. The average Bonchev–Trinajstić information content (AvgIpc) is 3.61. The van der Waals surface area contributed by atoms with Crippen molar-refractivity contribution >= 4 is 51.3 Å². The molecule has 0 radical (unpaired) electrons. The standard InChI is InChI=1S/C41H38N8O6/c1-46-34-8-11-43-21-33(34)30-4-2-24(17-36(30)46)26-16-25(19-42)38(44-20-26)48-22-29(23-48)55-27-9-12-47(13-10-27)14-15-54-28-3-5-31-32(18-28)41(53)49(40(31)52)35-6-7-37(50)45-39(35)51/h2-5,8,11,16-18,20-21,27,29,35H,6-7,9-10,12-15,22-23H2,1H3,(H,45,50,51). The normalized spacial score (nSPS) is 19.5. The maximum atomic E-state index is 13.1. The first-order valence-corrected chi connectivity index (χ1v) is 18.6. The molecule has 0 saturated carbocycles. The molecule has 3 fully saturated rings. The van der Waals surface area contributed by atoms with Crippen molar-refractivity contribution in [3.8, 4) is 22.9 Å². The molecule has 278 valence electrons. The molecule has 3 saturated heterocycles. The Morgan fingerprint density at radius 1 is 0.873 bits per heavy atom. The number of piperidine rings is 2. The summed E-state index contributed by atoms with van der Waals surface area (Å²) in [6.07, 6.45) is 7.76. The lowest BCUT2D eigenvalue weighted by Gasteiger charge is -2.43. The summed E-state index contributed by atoms with van der Waals surface area (Å²) in [5.74, 6) is -0.980. The molecule has 1 N–H and O–H groups in total. The molecule has 5 aromatic rings. The van der Waals surface area contributed by atoms with Gasteiger partial charge in [-0.15, -0.1) is 0 Å². The predicted octanol–water partition coefficient (Wildman–Crippen LogP) is 3.81. The van der Waals surface area contributed by atoms with Crippen LogP contribution in [0.5, 0.6) is 5.75 Å². The molecule has 4 aliphatic rings. The third kappa shape index (κ3) is 6.25. The number of anilines is 1. The quantitative estimate of drug-likeness (QED) is 0.219. The van der Waals surface area contributed by atoms with E-state index in [0.29, 0.717) is 43.4 Å². The second-order valence-corrected chi connectivity index (χ2v) is 14.6. The Bertz CT molecular complexity index is 2440. The van der Waals surface area contributed by atoms with Gasteiger partial charge in [-0.3, -0.25) is 39.3 Å². The third-order valence-corrected chi connectivity index (χ3v) is 11.3. The van der Waals surface area contributed by atoms with E-state index in [4.69, 9.17) is 14.5 Å². The number of benzene rings is 2. The topological polar surface area (TPSA) is 163 Å². The zero-order valence-electron chi connectivity index (χ0n) is 30.2. The van der Waals surface area contributed by atoms with Crippen LogP contribution in [0.25, 0.3) is 32.9 Å². The Morgan fingerprint density at radius 3 is 2.49 bits per heavy atom. The number of ether oxygens (including phenoxy) is 2. The first-order valence-electron chi connectivity index (χ1n) is 18.6.